The summed E-state index contributed by atoms with van der Waals surface area (Å²) in [5, 5.41) is 2.64. The van der Waals surface area contributed by atoms with Crippen LogP contribution in [0.5, 0.6) is 0 Å². The Bertz CT molecular complexity index is 274. The minimum Gasteiger partial charge on any atom is -0.453 e. The maximum atomic E-state index is 10.8. The third-order valence-corrected chi connectivity index (χ3v) is 1.70. The Morgan fingerprint density at radius 1 is 1.69 bits per heavy atom. The number of rotatable bonds is 2. The van der Waals surface area contributed by atoms with Gasteiger partial charge in [-0.05, 0) is 18.6 Å². The molecule has 1 amide bonds. The summed E-state index contributed by atoms with van der Waals surface area (Å²) in [5.41, 5.74) is 0.952. The molecule has 0 aromatic carbocycles. The lowest BCUT2D eigenvalue weighted by molar-refractivity contribution is 0.167. The number of pyridine rings is 1. The maximum absolute atomic E-state index is 10.8. The summed E-state index contributed by atoms with van der Waals surface area (Å²) in [4.78, 5) is 14.8. The summed E-state index contributed by atoms with van der Waals surface area (Å²) in [6.07, 6.45) is 2.96. The van der Waals surface area contributed by atoms with Gasteiger partial charge in [-0.25, -0.2) is 4.79 Å². The first kappa shape index (κ1) is 9.51. The Hall–Kier alpha value is -1.58. The Labute approximate surface area is 76.9 Å². The molecule has 13 heavy (non-hydrogen) atoms. The molecule has 1 rings (SSSR count). The molecule has 1 atom stereocenters. The second-order valence-corrected chi connectivity index (χ2v) is 2.64. The fraction of sp³-hybridized carbons (Fsp3) is 0.333. The van der Waals surface area contributed by atoms with Crippen molar-refractivity contribution in [3.8, 4) is 0 Å². The van der Waals surface area contributed by atoms with Gasteiger partial charge in [-0.1, -0.05) is 6.07 Å². The van der Waals surface area contributed by atoms with Crippen molar-refractivity contribution in [1.29, 1.82) is 0 Å². The Morgan fingerprint density at radius 2 is 2.46 bits per heavy atom. The molecule has 1 aromatic rings. The molecule has 70 valence electrons. The van der Waals surface area contributed by atoms with E-state index in [0.29, 0.717) is 0 Å². The van der Waals surface area contributed by atoms with Crippen molar-refractivity contribution >= 4 is 6.09 Å². The lowest BCUT2D eigenvalue weighted by Crippen LogP contribution is -2.26. The number of methoxy groups -OCH3 is 1. The summed E-state index contributed by atoms with van der Waals surface area (Å²) in [7, 11) is 1.34. The number of hydrogen-bond donors (Lipinski definition) is 1. The fourth-order valence-electron chi connectivity index (χ4n) is 0.951. The molecule has 1 heterocycles. The van der Waals surface area contributed by atoms with Crippen LogP contribution in [0.3, 0.4) is 0 Å². The molecule has 0 aliphatic heterocycles. The van der Waals surface area contributed by atoms with E-state index in [4.69, 9.17) is 0 Å². The van der Waals surface area contributed by atoms with Crippen LogP contribution < -0.4 is 5.32 Å². The second-order valence-electron chi connectivity index (χ2n) is 2.64. The number of aromatic nitrogens is 1. The molecule has 4 nitrogen and oxygen atoms in total. The van der Waals surface area contributed by atoms with E-state index < -0.39 is 6.09 Å². The van der Waals surface area contributed by atoms with Crippen LogP contribution >= 0.6 is 0 Å². The molecule has 1 unspecified atom stereocenters. The number of ether oxygens (including phenoxy) is 1. The van der Waals surface area contributed by atoms with Gasteiger partial charge in [0.2, 0.25) is 0 Å². The van der Waals surface area contributed by atoms with Gasteiger partial charge < -0.3 is 10.1 Å². The Morgan fingerprint density at radius 3 is 3.00 bits per heavy atom. The van der Waals surface area contributed by atoms with E-state index >= 15 is 0 Å². The van der Waals surface area contributed by atoms with Crippen molar-refractivity contribution in [2.75, 3.05) is 7.11 Å². The average molecular weight is 180 g/mol. The lowest BCUT2D eigenvalue weighted by Gasteiger charge is -2.11. The van der Waals surface area contributed by atoms with Crippen LogP contribution in [0, 0.1) is 0 Å². The molecule has 1 aromatic heterocycles. The highest BCUT2D eigenvalue weighted by Gasteiger charge is 2.08. The normalized spacial score (nSPS) is 11.8. The summed E-state index contributed by atoms with van der Waals surface area (Å²) < 4.78 is 4.47. The maximum Gasteiger partial charge on any atom is 0.407 e. The molecule has 0 aliphatic rings. The van der Waals surface area contributed by atoms with Crippen LogP contribution in [-0.4, -0.2) is 18.2 Å². The van der Waals surface area contributed by atoms with E-state index in [1.54, 1.807) is 12.4 Å². The van der Waals surface area contributed by atoms with Gasteiger partial charge in [0.1, 0.15) is 0 Å². The van der Waals surface area contributed by atoms with Gasteiger partial charge in [-0.15, -0.1) is 0 Å². The highest BCUT2D eigenvalue weighted by molar-refractivity contribution is 5.67. The Kier molecular flexibility index (Phi) is 3.25. The van der Waals surface area contributed by atoms with Crippen molar-refractivity contribution in [3.63, 3.8) is 0 Å². The van der Waals surface area contributed by atoms with Gasteiger partial charge in [0.25, 0.3) is 0 Å². The number of carbonyl (C=O) groups excluding carboxylic acids is 1. The average Bonchev–Trinajstić information content (AvgIpc) is 2.19. The fourth-order valence-corrected chi connectivity index (χ4v) is 0.951. The predicted molar refractivity (Wildman–Crippen MR) is 48.2 cm³/mol. The summed E-state index contributed by atoms with van der Waals surface area (Å²) in [6.45, 7) is 1.87. The van der Waals surface area contributed by atoms with Gasteiger partial charge in [0.15, 0.2) is 0 Å². The molecule has 4 heteroatoms. The van der Waals surface area contributed by atoms with Crippen molar-refractivity contribution < 1.29 is 9.53 Å². The molecular formula is C9H12N2O2. The highest BCUT2D eigenvalue weighted by Crippen LogP contribution is 2.09. The van der Waals surface area contributed by atoms with E-state index in [1.807, 2.05) is 19.1 Å². The van der Waals surface area contributed by atoms with E-state index in [0.717, 1.165) is 5.56 Å². The largest absolute Gasteiger partial charge is 0.453 e. The zero-order chi connectivity index (χ0) is 9.68. The van der Waals surface area contributed by atoms with Gasteiger partial charge in [-0.3, -0.25) is 4.98 Å². The van der Waals surface area contributed by atoms with Crippen LogP contribution in [0.15, 0.2) is 24.5 Å². The Balaban J connectivity index is 2.59. The molecule has 0 radical (unpaired) electrons. The minimum atomic E-state index is -0.434. The minimum absolute atomic E-state index is 0.0823. The monoisotopic (exact) mass is 180 g/mol. The lowest BCUT2D eigenvalue weighted by atomic mass is 10.1. The standard InChI is InChI=1S/C9H12N2O2/c1-7(11-9(12)13-2)8-4-3-5-10-6-8/h3-7H,1-2H3,(H,11,12). The van der Waals surface area contributed by atoms with Crippen LogP contribution in [0.2, 0.25) is 0 Å². The molecule has 0 spiro atoms. The highest BCUT2D eigenvalue weighted by atomic mass is 16.5. The van der Waals surface area contributed by atoms with Crippen LogP contribution in [0.1, 0.15) is 18.5 Å². The molecule has 0 saturated carbocycles. The zero-order valence-electron chi connectivity index (χ0n) is 7.65. The number of nitrogens with one attached hydrogen (secondary N) is 1. The molecule has 0 fully saturated rings. The third kappa shape index (κ3) is 2.74. The predicted octanol–water partition coefficient (Wildman–Crippen LogP) is 1.50. The molecule has 0 aliphatic carbocycles. The number of nitrogens with zero attached hydrogens (tertiary/aromatic N) is 1. The quantitative estimate of drug-likeness (QED) is 0.750. The van der Waals surface area contributed by atoms with Crippen molar-refractivity contribution in [1.82, 2.24) is 10.3 Å². The first-order chi connectivity index (χ1) is 6.24. The van der Waals surface area contributed by atoms with Gasteiger partial charge in [0.05, 0.1) is 13.2 Å². The van der Waals surface area contributed by atoms with E-state index in [2.05, 4.69) is 15.0 Å². The van der Waals surface area contributed by atoms with E-state index in [-0.39, 0.29) is 6.04 Å². The van der Waals surface area contributed by atoms with Crippen molar-refractivity contribution in [3.05, 3.63) is 30.1 Å². The number of alkyl carbamates (subject to hydrolysis) is 1. The topological polar surface area (TPSA) is 51.2 Å². The summed E-state index contributed by atoms with van der Waals surface area (Å²) in [5.74, 6) is 0. The number of carbonyl (C=O) groups is 1. The number of amides is 1. The second kappa shape index (κ2) is 4.45. The van der Waals surface area contributed by atoms with Gasteiger partial charge >= 0.3 is 6.09 Å². The first-order valence-corrected chi connectivity index (χ1v) is 3.98. The van der Waals surface area contributed by atoms with Crippen molar-refractivity contribution in [2.24, 2.45) is 0 Å². The van der Waals surface area contributed by atoms with Crippen LogP contribution in [-0.2, 0) is 4.74 Å². The van der Waals surface area contributed by atoms with Gasteiger partial charge in [0, 0.05) is 12.4 Å². The molecule has 0 saturated heterocycles. The van der Waals surface area contributed by atoms with Gasteiger partial charge in [-0.2, -0.15) is 0 Å². The zero-order valence-corrected chi connectivity index (χ0v) is 7.65. The SMILES string of the molecule is COC(=O)NC(C)c1cccnc1. The van der Waals surface area contributed by atoms with E-state index in [9.17, 15) is 4.79 Å². The van der Waals surface area contributed by atoms with Crippen LogP contribution in [0.4, 0.5) is 4.79 Å². The summed E-state index contributed by atoms with van der Waals surface area (Å²) >= 11 is 0. The molecule has 0 bridgehead atoms. The first-order valence-electron chi connectivity index (χ1n) is 3.98. The van der Waals surface area contributed by atoms with Crippen molar-refractivity contribution in [2.45, 2.75) is 13.0 Å². The van der Waals surface area contributed by atoms with E-state index in [1.165, 1.54) is 7.11 Å². The number of hydrogen-bond acceptors (Lipinski definition) is 3. The van der Waals surface area contributed by atoms with Crippen LogP contribution in [0.25, 0.3) is 0 Å². The summed E-state index contributed by atoms with van der Waals surface area (Å²) in [6, 6.07) is 3.64. The molecular weight excluding hydrogens is 168 g/mol. The molecule has 1 N–H and O–H groups in total. The smallest absolute Gasteiger partial charge is 0.407 e. The third-order valence-electron chi connectivity index (χ3n) is 1.70.